The number of carbonyl (C=O) groups excluding carboxylic acids is 1. The molecule has 3 rings (SSSR count). The number of nitrogens with zero attached hydrogens (tertiary/aromatic N) is 1. The SMILES string of the molecule is Cc1ccccc1NC1=C(C=N)C(NC(=O)c2ccccn2)CCC1. The highest BCUT2D eigenvalue weighted by molar-refractivity contribution is 5.93. The molecule has 1 unspecified atom stereocenters. The van der Waals surface area contributed by atoms with Crippen molar-refractivity contribution in [1.82, 2.24) is 10.3 Å². The molecule has 2 aromatic rings. The molecule has 1 aliphatic rings. The Morgan fingerprint density at radius 1 is 1.24 bits per heavy atom. The topological polar surface area (TPSA) is 77.9 Å². The fourth-order valence-electron chi connectivity index (χ4n) is 3.07. The lowest BCUT2D eigenvalue weighted by atomic mass is 9.91. The molecule has 0 spiro atoms. The molecule has 1 aliphatic carbocycles. The first-order chi connectivity index (χ1) is 12.2. The second kappa shape index (κ2) is 7.75. The second-order valence-electron chi connectivity index (χ2n) is 6.15. The zero-order valence-electron chi connectivity index (χ0n) is 14.3. The van der Waals surface area contributed by atoms with Crippen molar-refractivity contribution in [1.29, 1.82) is 5.41 Å². The lowest BCUT2D eigenvalue weighted by Gasteiger charge is -2.28. The summed E-state index contributed by atoms with van der Waals surface area (Å²) in [4.78, 5) is 16.5. The summed E-state index contributed by atoms with van der Waals surface area (Å²) in [6.07, 6.45) is 5.60. The second-order valence-corrected chi connectivity index (χ2v) is 6.15. The van der Waals surface area contributed by atoms with Gasteiger partial charge < -0.3 is 16.0 Å². The van der Waals surface area contributed by atoms with E-state index in [0.29, 0.717) is 5.69 Å². The number of pyridine rings is 1. The molecule has 5 heteroatoms. The number of anilines is 1. The Labute approximate surface area is 147 Å². The summed E-state index contributed by atoms with van der Waals surface area (Å²) in [6.45, 7) is 2.05. The first-order valence-corrected chi connectivity index (χ1v) is 8.47. The summed E-state index contributed by atoms with van der Waals surface area (Å²) >= 11 is 0. The van der Waals surface area contributed by atoms with E-state index in [1.54, 1.807) is 24.4 Å². The standard InChI is InChI=1S/C20H22N4O/c1-14-7-2-3-8-16(14)23-17-10-6-11-18(15(17)13-21)24-20(25)19-9-4-5-12-22-19/h2-5,7-9,12-13,18,21,23H,6,10-11H2,1H3,(H,24,25). The minimum Gasteiger partial charge on any atom is -0.358 e. The van der Waals surface area contributed by atoms with Crippen molar-refractivity contribution < 1.29 is 4.79 Å². The van der Waals surface area contributed by atoms with Gasteiger partial charge in [0.2, 0.25) is 0 Å². The van der Waals surface area contributed by atoms with Gasteiger partial charge in [-0.15, -0.1) is 0 Å². The molecule has 1 atom stereocenters. The number of carbonyl (C=O) groups is 1. The van der Waals surface area contributed by atoms with Crippen LogP contribution in [0.4, 0.5) is 5.69 Å². The highest BCUT2D eigenvalue weighted by Gasteiger charge is 2.24. The van der Waals surface area contributed by atoms with E-state index in [1.807, 2.05) is 18.2 Å². The van der Waals surface area contributed by atoms with E-state index in [4.69, 9.17) is 5.41 Å². The summed E-state index contributed by atoms with van der Waals surface area (Å²) in [5, 5.41) is 14.3. The Kier molecular flexibility index (Phi) is 5.23. The molecule has 0 aliphatic heterocycles. The number of hydrogen-bond acceptors (Lipinski definition) is 4. The molecule has 1 aromatic heterocycles. The Morgan fingerprint density at radius 2 is 2.04 bits per heavy atom. The third-order valence-corrected chi connectivity index (χ3v) is 4.43. The molecule has 0 saturated carbocycles. The van der Waals surface area contributed by atoms with Gasteiger partial charge in [-0.3, -0.25) is 9.78 Å². The number of amides is 1. The fourth-order valence-corrected chi connectivity index (χ4v) is 3.07. The minimum absolute atomic E-state index is 0.174. The summed E-state index contributed by atoms with van der Waals surface area (Å²) < 4.78 is 0. The van der Waals surface area contributed by atoms with Crippen LogP contribution >= 0.6 is 0 Å². The van der Waals surface area contributed by atoms with Crippen LogP contribution in [0.25, 0.3) is 0 Å². The number of nitrogens with one attached hydrogen (secondary N) is 3. The van der Waals surface area contributed by atoms with E-state index in [1.165, 1.54) is 6.21 Å². The van der Waals surface area contributed by atoms with Crippen LogP contribution in [0.2, 0.25) is 0 Å². The first kappa shape index (κ1) is 16.9. The van der Waals surface area contributed by atoms with Gasteiger partial charge in [0.25, 0.3) is 5.91 Å². The molecule has 1 aromatic carbocycles. The van der Waals surface area contributed by atoms with Gasteiger partial charge in [-0.25, -0.2) is 0 Å². The first-order valence-electron chi connectivity index (χ1n) is 8.47. The molecular formula is C20H22N4O. The van der Waals surface area contributed by atoms with Crippen molar-refractivity contribution in [3.8, 4) is 0 Å². The van der Waals surface area contributed by atoms with E-state index in [0.717, 1.165) is 41.8 Å². The normalized spacial score (nSPS) is 17.1. The van der Waals surface area contributed by atoms with Gasteiger partial charge in [0.05, 0.1) is 6.04 Å². The summed E-state index contributed by atoms with van der Waals surface area (Å²) in [7, 11) is 0. The third kappa shape index (κ3) is 3.94. The molecule has 1 heterocycles. The Bertz CT molecular complexity index is 798. The van der Waals surface area contributed by atoms with Gasteiger partial charge in [-0.05, 0) is 49.9 Å². The number of hydrogen-bond donors (Lipinski definition) is 3. The molecular weight excluding hydrogens is 312 g/mol. The Hall–Kier alpha value is -2.95. The molecule has 128 valence electrons. The number of benzene rings is 1. The van der Waals surface area contributed by atoms with Crippen molar-refractivity contribution in [3.05, 3.63) is 71.2 Å². The molecule has 3 N–H and O–H groups in total. The van der Waals surface area contributed by atoms with Gasteiger partial charge in [-0.2, -0.15) is 0 Å². The molecule has 5 nitrogen and oxygen atoms in total. The lowest BCUT2D eigenvalue weighted by molar-refractivity contribution is 0.0935. The third-order valence-electron chi connectivity index (χ3n) is 4.43. The van der Waals surface area contributed by atoms with Gasteiger partial charge in [0.15, 0.2) is 0 Å². The van der Waals surface area contributed by atoms with E-state index in [2.05, 4.69) is 28.6 Å². The average Bonchev–Trinajstić information content (AvgIpc) is 2.64. The van der Waals surface area contributed by atoms with Gasteiger partial charge in [0.1, 0.15) is 5.69 Å². The van der Waals surface area contributed by atoms with Gasteiger partial charge in [0, 0.05) is 29.4 Å². The zero-order valence-corrected chi connectivity index (χ0v) is 14.3. The number of aromatic nitrogens is 1. The van der Waals surface area contributed by atoms with Crippen LogP contribution in [0.3, 0.4) is 0 Å². The summed E-state index contributed by atoms with van der Waals surface area (Å²) in [5.74, 6) is -0.206. The quantitative estimate of drug-likeness (QED) is 0.730. The van der Waals surface area contributed by atoms with Crippen LogP contribution in [-0.2, 0) is 0 Å². The van der Waals surface area contributed by atoms with Gasteiger partial charge >= 0.3 is 0 Å². The maximum atomic E-state index is 12.4. The predicted molar refractivity (Wildman–Crippen MR) is 100.0 cm³/mol. The Morgan fingerprint density at radius 3 is 2.76 bits per heavy atom. The van der Waals surface area contributed by atoms with Crippen LogP contribution in [0.5, 0.6) is 0 Å². The van der Waals surface area contributed by atoms with Gasteiger partial charge in [-0.1, -0.05) is 24.3 Å². The van der Waals surface area contributed by atoms with Crippen LogP contribution in [0, 0.1) is 12.3 Å². The maximum absolute atomic E-state index is 12.4. The molecule has 0 fully saturated rings. The van der Waals surface area contributed by atoms with E-state index < -0.39 is 0 Å². The average molecular weight is 334 g/mol. The van der Waals surface area contributed by atoms with Crippen molar-refractivity contribution in [3.63, 3.8) is 0 Å². The van der Waals surface area contributed by atoms with Crippen molar-refractivity contribution >= 4 is 17.8 Å². The maximum Gasteiger partial charge on any atom is 0.270 e. The monoisotopic (exact) mass is 334 g/mol. The molecule has 25 heavy (non-hydrogen) atoms. The van der Waals surface area contributed by atoms with E-state index in [-0.39, 0.29) is 11.9 Å². The predicted octanol–water partition coefficient (Wildman–Crippen LogP) is 3.69. The number of allylic oxidation sites excluding steroid dienone is 1. The van der Waals surface area contributed by atoms with Crippen LogP contribution < -0.4 is 10.6 Å². The smallest absolute Gasteiger partial charge is 0.270 e. The highest BCUT2D eigenvalue weighted by Crippen LogP contribution is 2.27. The summed E-state index contributed by atoms with van der Waals surface area (Å²) in [5.41, 5.74) is 4.42. The Balaban J connectivity index is 1.81. The van der Waals surface area contributed by atoms with Crippen molar-refractivity contribution in [2.24, 2.45) is 0 Å². The largest absolute Gasteiger partial charge is 0.358 e. The summed E-state index contributed by atoms with van der Waals surface area (Å²) in [6, 6.07) is 13.2. The zero-order chi connectivity index (χ0) is 17.6. The number of para-hydroxylation sites is 1. The molecule has 0 saturated heterocycles. The highest BCUT2D eigenvalue weighted by atomic mass is 16.1. The van der Waals surface area contributed by atoms with Crippen LogP contribution in [0.15, 0.2) is 59.9 Å². The lowest BCUT2D eigenvalue weighted by Crippen LogP contribution is -2.39. The molecule has 0 bridgehead atoms. The molecule has 0 radical (unpaired) electrons. The number of rotatable bonds is 5. The van der Waals surface area contributed by atoms with Crippen LogP contribution in [0.1, 0.15) is 35.3 Å². The van der Waals surface area contributed by atoms with Crippen LogP contribution in [-0.4, -0.2) is 23.1 Å². The number of aryl methyl sites for hydroxylation is 1. The fraction of sp³-hybridized carbons (Fsp3) is 0.250. The van der Waals surface area contributed by atoms with E-state index >= 15 is 0 Å². The van der Waals surface area contributed by atoms with E-state index in [9.17, 15) is 4.79 Å². The van der Waals surface area contributed by atoms with Crippen molar-refractivity contribution in [2.75, 3.05) is 5.32 Å². The minimum atomic E-state index is -0.206. The van der Waals surface area contributed by atoms with Crippen molar-refractivity contribution in [2.45, 2.75) is 32.2 Å². The molecule has 1 amide bonds.